The van der Waals surface area contributed by atoms with E-state index in [0.29, 0.717) is 28.2 Å². The van der Waals surface area contributed by atoms with Gasteiger partial charge in [-0.3, -0.25) is 15.4 Å². The minimum Gasteiger partial charge on any atom is -0.457 e. The van der Waals surface area contributed by atoms with E-state index in [0.717, 1.165) is 18.2 Å². The minimum atomic E-state index is -0.808. The summed E-state index contributed by atoms with van der Waals surface area (Å²) in [6.07, 6.45) is -0.655. The van der Waals surface area contributed by atoms with E-state index in [2.05, 4.69) is 30.7 Å². The number of carbonyl (C=O) groups excluding carboxylic acids is 2. The number of carbonyl (C=O) groups is 2. The Kier molecular flexibility index (Phi) is 6.39. The lowest BCUT2D eigenvalue weighted by molar-refractivity contribution is -0.384. The van der Waals surface area contributed by atoms with E-state index in [4.69, 9.17) is 4.74 Å². The number of nitrogens with zero attached hydrogens (tertiary/aromatic N) is 2. The number of hydrogen-bond donors (Lipinski definition) is 4. The number of aromatic nitrogens is 2. The molecule has 178 valence electrons. The van der Waals surface area contributed by atoms with Crippen molar-refractivity contribution in [1.82, 2.24) is 9.97 Å². The molecular weight excluding hydrogens is 463 g/mol. The molecule has 0 fully saturated rings. The Labute approximate surface area is 196 Å². The number of fused-ring (bicyclic) bond motifs is 1. The van der Waals surface area contributed by atoms with E-state index in [1.165, 1.54) is 7.11 Å². The van der Waals surface area contributed by atoms with E-state index < -0.39 is 22.9 Å². The summed E-state index contributed by atoms with van der Waals surface area (Å²) in [5.74, 6) is 0.373. The van der Waals surface area contributed by atoms with Gasteiger partial charge in [-0.25, -0.2) is 19.0 Å². The van der Waals surface area contributed by atoms with Gasteiger partial charge in [0.05, 0.1) is 28.8 Å². The van der Waals surface area contributed by atoms with Gasteiger partial charge in [0.15, 0.2) is 0 Å². The largest absolute Gasteiger partial charge is 0.457 e. The van der Waals surface area contributed by atoms with Gasteiger partial charge < -0.3 is 25.1 Å². The summed E-state index contributed by atoms with van der Waals surface area (Å²) in [6.45, 7) is 0. The third-order valence-corrected chi connectivity index (χ3v) is 4.62. The number of amides is 3. The average Bonchev–Trinajstić information content (AvgIpc) is 3.23. The zero-order valence-corrected chi connectivity index (χ0v) is 18.0. The normalized spacial score (nSPS) is 10.5. The number of hydrogen-bond acceptors (Lipinski definition) is 7. The molecule has 4 N–H and O–H groups in total. The molecule has 0 saturated heterocycles. The number of nitro benzene ring substituents is 1. The van der Waals surface area contributed by atoms with Crippen LogP contribution in [0.2, 0.25) is 0 Å². The standard InChI is InChI=1S/C22H17FN6O6/c1-34-22(31)28-20-25-17-9-7-15(11-19(17)26-20)35-14-5-2-12(3-6-14)24-21(30)27-18-10-13(29(32)33)4-8-16(18)23/h2-11H,1H3,(H2,24,27,30)(H2,25,26,28,31). The van der Waals surface area contributed by atoms with Crippen molar-refractivity contribution in [3.05, 3.63) is 76.6 Å². The van der Waals surface area contributed by atoms with Gasteiger partial charge in [0, 0.05) is 23.9 Å². The molecular formula is C22H17FN6O6. The molecule has 0 aliphatic rings. The Balaban J connectivity index is 1.38. The molecule has 0 unspecified atom stereocenters. The van der Waals surface area contributed by atoms with Crippen LogP contribution in [0.4, 0.5) is 37.0 Å². The van der Waals surface area contributed by atoms with Crippen molar-refractivity contribution in [1.29, 1.82) is 0 Å². The topological polar surface area (TPSA) is 161 Å². The first kappa shape index (κ1) is 23.0. The molecule has 12 nitrogen and oxygen atoms in total. The highest BCUT2D eigenvalue weighted by Crippen LogP contribution is 2.27. The van der Waals surface area contributed by atoms with Crippen molar-refractivity contribution in [3.8, 4) is 11.5 Å². The van der Waals surface area contributed by atoms with Gasteiger partial charge in [-0.05, 0) is 42.5 Å². The SMILES string of the molecule is COC(=O)Nc1nc2ccc(Oc3ccc(NC(=O)Nc4cc([N+](=O)[O-])ccc4F)cc3)cc2[nH]1. The zero-order valence-electron chi connectivity index (χ0n) is 18.0. The monoisotopic (exact) mass is 480 g/mol. The van der Waals surface area contributed by atoms with Crippen molar-refractivity contribution in [2.45, 2.75) is 0 Å². The molecule has 0 bridgehead atoms. The van der Waals surface area contributed by atoms with Crippen LogP contribution in [0.15, 0.2) is 60.7 Å². The van der Waals surface area contributed by atoms with Crippen LogP contribution in [0.5, 0.6) is 11.5 Å². The summed E-state index contributed by atoms with van der Waals surface area (Å²) in [5.41, 5.74) is 0.929. The van der Waals surface area contributed by atoms with Crippen molar-refractivity contribution in [3.63, 3.8) is 0 Å². The van der Waals surface area contributed by atoms with Gasteiger partial charge in [-0.2, -0.15) is 0 Å². The molecule has 13 heteroatoms. The summed E-state index contributed by atoms with van der Waals surface area (Å²) in [6, 6.07) is 13.5. The number of nitrogens with one attached hydrogen (secondary N) is 4. The molecule has 0 saturated carbocycles. The van der Waals surface area contributed by atoms with Gasteiger partial charge in [0.2, 0.25) is 5.95 Å². The number of non-ortho nitro benzene ring substituents is 1. The summed E-state index contributed by atoms with van der Waals surface area (Å²) in [5, 5.41) is 18.0. The number of ether oxygens (including phenoxy) is 2. The number of urea groups is 1. The maximum absolute atomic E-state index is 13.9. The minimum absolute atomic E-state index is 0.225. The van der Waals surface area contributed by atoms with Crippen LogP contribution in [-0.2, 0) is 4.74 Å². The number of rotatable bonds is 6. The second-order valence-electron chi connectivity index (χ2n) is 7.01. The number of methoxy groups -OCH3 is 1. The predicted molar refractivity (Wildman–Crippen MR) is 124 cm³/mol. The predicted octanol–water partition coefficient (Wildman–Crippen LogP) is 5.22. The lowest BCUT2D eigenvalue weighted by Crippen LogP contribution is -2.20. The molecule has 4 rings (SSSR count). The Bertz CT molecular complexity index is 1420. The lowest BCUT2D eigenvalue weighted by atomic mass is 10.2. The molecule has 0 aliphatic heterocycles. The summed E-state index contributed by atoms with van der Waals surface area (Å²) >= 11 is 0. The number of benzene rings is 3. The Morgan fingerprint density at radius 2 is 1.74 bits per heavy atom. The van der Waals surface area contributed by atoms with Crippen LogP contribution in [0.25, 0.3) is 11.0 Å². The molecule has 1 aromatic heterocycles. The molecule has 1 heterocycles. The van der Waals surface area contributed by atoms with Crippen molar-refractivity contribution in [2.24, 2.45) is 0 Å². The molecule has 0 aliphatic carbocycles. The van der Waals surface area contributed by atoms with Gasteiger partial charge in [-0.1, -0.05) is 0 Å². The van der Waals surface area contributed by atoms with Gasteiger partial charge in [0.1, 0.15) is 17.3 Å². The average molecular weight is 480 g/mol. The third-order valence-electron chi connectivity index (χ3n) is 4.62. The quantitative estimate of drug-likeness (QED) is 0.217. The maximum Gasteiger partial charge on any atom is 0.413 e. The number of anilines is 3. The molecule has 3 amide bonds. The molecule has 3 aromatic carbocycles. The van der Waals surface area contributed by atoms with E-state index in [-0.39, 0.29) is 17.3 Å². The fourth-order valence-corrected chi connectivity index (χ4v) is 3.01. The Morgan fingerprint density at radius 1 is 1.00 bits per heavy atom. The van der Waals surface area contributed by atoms with Gasteiger partial charge in [0.25, 0.3) is 5.69 Å². The van der Waals surface area contributed by atoms with Crippen LogP contribution in [0, 0.1) is 15.9 Å². The second-order valence-corrected chi connectivity index (χ2v) is 7.01. The number of aromatic amines is 1. The summed E-state index contributed by atoms with van der Waals surface area (Å²) in [7, 11) is 1.24. The Hall–Kier alpha value is -5.20. The highest BCUT2D eigenvalue weighted by atomic mass is 19.1. The maximum atomic E-state index is 13.9. The first-order chi connectivity index (χ1) is 16.8. The van der Waals surface area contributed by atoms with Gasteiger partial charge >= 0.3 is 12.1 Å². The van der Waals surface area contributed by atoms with Crippen molar-refractivity contribution >= 4 is 46.2 Å². The van der Waals surface area contributed by atoms with E-state index >= 15 is 0 Å². The number of imidazole rings is 1. The zero-order chi connectivity index (χ0) is 24.9. The number of nitro groups is 1. The van der Waals surface area contributed by atoms with Crippen LogP contribution >= 0.6 is 0 Å². The van der Waals surface area contributed by atoms with Crippen LogP contribution < -0.4 is 20.7 Å². The number of H-pyrrole nitrogens is 1. The fourth-order valence-electron chi connectivity index (χ4n) is 3.01. The highest BCUT2D eigenvalue weighted by molar-refractivity contribution is 6.00. The third kappa shape index (κ3) is 5.60. The smallest absolute Gasteiger partial charge is 0.413 e. The van der Waals surface area contributed by atoms with Crippen molar-refractivity contribution in [2.75, 3.05) is 23.1 Å². The summed E-state index contributed by atoms with van der Waals surface area (Å²) < 4.78 is 24.2. The lowest BCUT2D eigenvalue weighted by Gasteiger charge is -2.10. The molecule has 0 atom stereocenters. The fraction of sp³-hybridized carbons (Fsp3) is 0.0455. The molecule has 0 spiro atoms. The second kappa shape index (κ2) is 9.74. The highest BCUT2D eigenvalue weighted by Gasteiger charge is 2.13. The van der Waals surface area contributed by atoms with Crippen LogP contribution in [0.3, 0.4) is 0 Å². The first-order valence-corrected chi connectivity index (χ1v) is 9.95. The molecule has 0 radical (unpaired) electrons. The van der Waals surface area contributed by atoms with Crippen LogP contribution in [-0.4, -0.2) is 34.1 Å². The number of halogens is 1. The van der Waals surface area contributed by atoms with Crippen molar-refractivity contribution < 1.29 is 28.4 Å². The van der Waals surface area contributed by atoms with E-state index in [1.54, 1.807) is 42.5 Å². The van der Waals surface area contributed by atoms with E-state index in [9.17, 15) is 24.1 Å². The van der Waals surface area contributed by atoms with Crippen LogP contribution in [0.1, 0.15) is 0 Å². The Morgan fingerprint density at radius 3 is 2.46 bits per heavy atom. The molecule has 4 aromatic rings. The first-order valence-electron chi connectivity index (χ1n) is 9.95. The summed E-state index contributed by atoms with van der Waals surface area (Å²) in [4.78, 5) is 40.8. The van der Waals surface area contributed by atoms with E-state index in [1.807, 2.05) is 0 Å². The van der Waals surface area contributed by atoms with Gasteiger partial charge in [-0.15, -0.1) is 0 Å². The molecule has 35 heavy (non-hydrogen) atoms.